The molecule has 1 aliphatic carbocycles. The van der Waals surface area contributed by atoms with Crippen molar-refractivity contribution in [3.05, 3.63) is 0 Å². The normalized spacial score (nSPS) is 23.2. The molecule has 1 aliphatic rings. The lowest BCUT2D eigenvalue weighted by molar-refractivity contribution is -0.143. The summed E-state index contributed by atoms with van der Waals surface area (Å²) in [4.78, 5) is 24.6. The van der Waals surface area contributed by atoms with Crippen molar-refractivity contribution in [2.45, 2.75) is 51.6 Å². The maximum Gasteiger partial charge on any atom is 0.317 e. The molecule has 0 radical (unpaired) electrons. The van der Waals surface area contributed by atoms with Crippen molar-refractivity contribution in [2.24, 2.45) is 5.92 Å². The predicted molar refractivity (Wildman–Crippen MR) is 70.8 cm³/mol. The Bertz CT molecular complexity index is 320. The SMILES string of the molecule is CC(C)N(CCO)C(=O)NC1CCCC(C(=O)O)C1. The number of aliphatic carboxylic acids is 1. The Morgan fingerprint density at radius 2 is 2.05 bits per heavy atom. The number of nitrogens with one attached hydrogen (secondary N) is 1. The molecule has 110 valence electrons. The van der Waals surface area contributed by atoms with E-state index < -0.39 is 5.97 Å². The molecule has 0 saturated heterocycles. The van der Waals surface area contributed by atoms with E-state index in [9.17, 15) is 9.59 Å². The summed E-state index contributed by atoms with van der Waals surface area (Å²) in [6.07, 6.45) is 2.82. The van der Waals surface area contributed by atoms with Gasteiger partial charge in [-0.2, -0.15) is 0 Å². The summed E-state index contributed by atoms with van der Waals surface area (Å²) in [5.41, 5.74) is 0. The first-order valence-electron chi connectivity index (χ1n) is 6.86. The number of amides is 2. The van der Waals surface area contributed by atoms with Gasteiger partial charge in [-0.15, -0.1) is 0 Å². The number of hydrogen-bond acceptors (Lipinski definition) is 3. The van der Waals surface area contributed by atoms with E-state index in [1.165, 1.54) is 0 Å². The minimum atomic E-state index is -0.782. The minimum Gasteiger partial charge on any atom is -0.481 e. The fraction of sp³-hybridized carbons (Fsp3) is 0.846. The molecule has 6 heteroatoms. The van der Waals surface area contributed by atoms with Crippen molar-refractivity contribution < 1.29 is 19.8 Å². The summed E-state index contributed by atoms with van der Waals surface area (Å²) >= 11 is 0. The van der Waals surface area contributed by atoms with Crippen LogP contribution in [0.5, 0.6) is 0 Å². The first-order valence-corrected chi connectivity index (χ1v) is 6.86. The molecule has 0 heterocycles. The molecule has 1 saturated carbocycles. The highest BCUT2D eigenvalue weighted by Crippen LogP contribution is 2.24. The molecule has 0 bridgehead atoms. The van der Waals surface area contributed by atoms with Crippen LogP contribution in [-0.4, -0.2) is 52.3 Å². The van der Waals surface area contributed by atoms with Gasteiger partial charge in [0.1, 0.15) is 0 Å². The van der Waals surface area contributed by atoms with E-state index in [0.717, 1.165) is 12.8 Å². The van der Waals surface area contributed by atoms with Crippen LogP contribution in [0.3, 0.4) is 0 Å². The topological polar surface area (TPSA) is 89.9 Å². The maximum atomic E-state index is 12.1. The van der Waals surface area contributed by atoms with Gasteiger partial charge >= 0.3 is 12.0 Å². The number of aliphatic hydroxyl groups excluding tert-OH is 1. The number of carboxylic acids is 1. The third kappa shape index (κ3) is 4.70. The van der Waals surface area contributed by atoms with Gasteiger partial charge in [-0.1, -0.05) is 6.42 Å². The molecule has 1 rings (SSSR count). The Morgan fingerprint density at radius 3 is 2.58 bits per heavy atom. The van der Waals surface area contributed by atoms with Crippen LogP contribution < -0.4 is 5.32 Å². The van der Waals surface area contributed by atoms with Gasteiger partial charge < -0.3 is 20.4 Å². The molecule has 2 unspecified atom stereocenters. The van der Waals surface area contributed by atoms with Gasteiger partial charge in [0, 0.05) is 18.6 Å². The van der Waals surface area contributed by atoms with Gasteiger partial charge in [-0.05, 0) is 33.1 Å². The first kappa shape index (κ1) is 15.8. The third-order valence-corrected chi connectivity index (χ3v) is 3.58. The lowest BCUT2D eigenvalue weighted by Crippen LogP contribution is -2.50. The van der Waals surface area contributed by atoms with E-state index in [0.29, 0.717) is 19.4 Å². The smallest absolute Gasteiger partial charge is 0.317 e. The third-order valence-electron chi connectivity index (χ3n) is 3.58. The molecule has 19 heavy (non-hydrogen) atoms. The number of hydrogen-bond donors (Lipinski definition) is 3. The Hall–Kier alpha value is -1.30. The van der Waals surface area contributed by atoms with Gasteiger partial charge in [0.25, 0.3) is 0 Å². The van der Waals surface area contributed by atoms with Gasteiger partial charge in [-0.3, -0.25) is 4.79 Å². The number of rotatable bonds is 5. The number of carbonyl (C=O) groups is 2. The Kier molecular flexibility index (Phi) is 6.08. The van der Waals surface area contributed by atoms with Crippen LogP contribution in [-0.2, 0) is 4.79 Å². The molecule has 3 N–H and O–H groups in total. The highest BCUT2D eigenvalue weighted by Gasteiger charge is 2.29. The van der Waals surface area contributed by atoms with Gasteiger partial charge in [0.05, 0.1) is 12.5 Å². The minimum absolute atomic E-state index is 0.00557. The van der Waals surface area contributed by atoms with Gasteiger partial charge in [0.15, 0.2) is 0 Å². The van der Waals surface area contributed by atoms with Crippen LogP contribution in [0, 0.1) is 5.92 Å². The number of carboxylic acid groups (broad SMARTS) is 1. The lowest BCUT2D eigenvalue weighted by Gasteiger charge is -2.32. The largest absolute Gasteiger partial charge is 0.481 e. The molecule has 2 amide bonds. The Balaban J connectivity index is 2.52. The van der Waals surface area contributed by atoms with Crippen molar-refractivity contribution in [1.82, 2.24) is 10.2 Å². The van der Waals surface area contributed by atoms with E-state index >= 15 is 0 Å². The summed E-state index contributed by atoms with van der Waals surface area (Å²) in [6.45, 7) is 3.99. The van der Waals surface area contributed by atoms with Gasteiger partial charge in [0.2, 0.25) is 0 Å². The second-order valence-electron chi connectivity index (χ2n) is 5.36. The summed E-state index contributed by atoms with van der Waals surface area (Å²) in [6, 6.07) is -0.298. The van der Waals surface area contributed by atoms with Crippen LogP contribution in [0.25, 0.3) is 0 Å². The number of aliphatic hydroxyl groups is 1. The van der Waals surface area contributed by atoms with Crippen LogP contribution in [0.2, 0.25) is 0 Å². The zero-order valence-electron chi connectivity index (χ0n) is 11.6. The fourth-order valence-corrected chi connectivity index (χ4v) is 2.50. The fourth-order valence-electron chi connectivity index (χ4n) is 2.50. The Morgan fingerprint density at radius 1 is 1.37 bits per heavy atom. The van der Waals surface area contributed by atoms with E-state index in [4.69, 9.17) is 10.2 Å². The number of carbonyl (C=O) groups excluding carboxylic acids is 1. The molecule has 0 aromatic rings. The quantitative estimate of drug-likeness (QED) is 0.697. The second kappa shape index (κ2) is 7.33. The molecule has 0 aliphatic heterocycles. The van der Waals surface area contributed by atoms with Crippen molar-refractivity contribution >= 4 is 12.0 Å². The molecule has 1 fully saturated rings. The average Bonchev–Trinajstić information content (AvgIpc) is 2.35. The molecular formula is C13H24N2O4. The summed E-state index contributed by atoms with van der Waals surface area (Å²) in [7, 11) is 0. The van der Waals surface area contributed by atoms with Crippen molar-refractivity contribution in [3.63, 3.8) is 0 Å². The summed E-state index contributed by atoms with van der Waals surface area (Å²) in [5, 5.41) is 20.9. The number of nitrogens with zero attached hydrogens (tertiary/aromatic N) is 1. The van der Waals surface area contributed by atoms with Crippen molar-refractivity contribution in [2.75, 3.05) is 13.2 Å². The summed E-state index contributed by atoms with van der Waals surface area (Å²) in [5.74, 6) is -1.14. The molecule has 0 aromatic carbocycles. The molecule has 0 spiro atoms. The van der Waals surface area contributed by atoms with Crippen molar-refractivity contribution in [1.29, 1.82) is 0 Å². The van der Waals surface area contributed by atoms with Crippen LogP contribution in [0.1, 0.15) is 39.5 Å². The standard InChI is InChI=1S/C13H24N2O4/c1-9(2)15(6-7-16)13(19)14-11-5-3-4-10(8-11)12(17)18/h9-11,16H,3-8H2,1-2H3,(H,14,19)(H,17,18). The van der Waals surface area contributed by atoms with E-state index in [1.807, 2.05) is 13.8 Å². The van der Waals surface area contributed by atoms with E-state index in [-0.39, 0.29) is 30.6 Å². The Labute approximate surface area is 113 Å². The van der Waals surface area contributed by atoms with Gasteiger partial charge in [-0.25, -0.2) is 4.79 Å². The highest BCUT2D eigenvalue weighted by molar-refractivity contribution is 5.75. The van der Waals surface area contributed by atoms with Crippen LogP contribution >= 0.6 is 0 Å². The van der Waals surface area contributed by atoms with Crippen LogP contribution in [0.4, 0.5) is 4.79 Å². The molecule has 6 nitrogen and oxygen atoms in total. The summed E-state index contributed by atoms with van der Waals surface area (Å²) < 4.78 is 0. The van der Waals surface area contributed by atoms with E-state index in [2.05, 4.69) is 5.32 Å². The van der Waals surface area contributed by atoms with E-state index in [1.54, 1.807) is 4.90 Å². The predicted octanol–water partition coefficient (Wildman–Crippen LogP) is 1.04. The zero-order chi connectivity index (χ0) is 14.4. The number of urea groups is 1. The van der Waals surface area contributed by atoms with Crippen molar-refractivity contribution in [3.8, 4) is 0 Å². The second-order valence-corrected chi connectivity index (χ2v) is 5.36. The molecule has 2 atom stereocenters. The first-order chi connectivity index (χ1) is 8.95. The zero-order valence-corrected chi connectivity index (χ0v) is 11.6. The molecule has 0 aromatic heterocycles. The van der Waals surface area contributed by atoms with Crippen LogP contribution in [0.15, 0.2) is 0 Å². The highest BCUT2D eigenvalue weighted by atomic mass is 16.4. The lowest BCUT2D eigenvalue weighted by atomic mass is 9.86. The monoisotopic (exact) mass is 272 g/mol. The molecular weight excluding hydrogens is 248 g/mol. The maximum absolute atomic E-state index is 12.1. The average molecular weight is 272 g/mol.